The van der Waals surface area contributed by atoms with Crippen molar-refractivity contribution in [1.29, 1.82) is 0 Å². The van der Waals surface area contributed by atoms with Gasteiger partial charge in [0.1, 0.15) is 0 Å². The Balaban J connectivity index is 2.38. The molecular weight excluding hydrogens is 156 g/mol. The molecule has 1 aliphatic rings. The molecule has 0 radical (unpaired) electrons. The Hall–Kier alpha value is -1.03. The van der Waals surface area contributed by atoms with Gasteiger partial charge in [0.05, 0.1) is 18.5 Å². The van der Waals surface area contributed by atoms with Crippen molar-refractivity contribution in [3.63, 3.8) is 0 Å². The van der Waals surface area contributed by atoms with E-state index in [1.165, 1.54) is 6.34 Å². The second-order valence-electron chi connectivity index (χ2n) is 3.15. The van der Waals surface area contributed by atoms with E-state index in [4.69, 9.17) is 9.84 Å². The van der Waals surface area contributed by atoms with Crippen molar-refractivity contribution in [1.82, 2.24) is 5.32 Å². The minimum atomic E-state index is -0.136. The van der Waals surface area contributed by atoms with E-state index in [-0.39, 0.29) is 11.4 Å². The fourth-order valence-electron chi connectivity index (χ4n) is 1.02. The number of hydrogen-bond donors (Lipinski definition) is 2. The predicted molar refractivity (Wildman–Crippen MR) is 47.2 cm³/mol. The number of nitrogens with one attached hydrogen (secondary N) is 1. The average Bonchev–Trinajstić information content (AvgIpc) is 2.35. The van der Waals surface area contributed by atoms with Crippen molar-refractivity contribution < 1.29 is 9.84 Å². The molecule has 1 heterocycles. The highest BCUT2D eigenvalue weighted by Gasteiger charge is 2.27. The SMILES string of the molecule is C=C(O)NC=NC1(C)CCOC1. The number of rotatable bonds is 3. The van der Waals surface area contributed by atoms with E-state index in [1.54, 1.807) is 0 Å². The summed E-state index contributed by atoms with van der Waals surface area (Å²) in [5.41, 5.74) is -0.136. The summed E-state index contributed by atoms with van der Waals surface area (Å²) in [4.78, 5) is 4.21. The van der Waals surface area contributed by atoms with Crippen LogP contribution < -0.4 is 5.32 Å². The molecular formula is C8H14N2O2. The van der Waals surface area contributed by atoms with Crippen LogP contribution >= 0.6 is 0 Å². The van der Waals surface area contributed by atoms with Crippen LogP contribution in [0.3, 0.4) is 0 Å². The van der Waals surface area contributed by atoms with E-state index < -0.39 is 0 Å². The Morgan fingerprint density at radius 1 is 1.83 bits per heavy atom. The van der Waals surface area contributed by atoms with Gasteiger partial charge in [-0.1, -0.05) is 0 Å². The first kappa shape index (κ1) is 9.06. The normalized spacial score (nSPS) is 29.4. The zero-order valence-electron chi connectivity index (χ0n) is 7.21. The van der Waals surface area contributed by atoms with Crippen LogP contribution in [0.2, 0.25) is 0 Å². The van der Waals surface area contributed by atoms with Gasteiger partial charge in [0.25, 0.3) is 0 Å². The van der Waals surface area contributed by atoms with Gasteiger partial charge < -0.3 is 15.2 Å². The predicted octanol–water partition coefficient (Wildman–Crippen LogP) is 0.812. The Morgan fingerprint density at radius 2 is 2.58 bits per heavy atom. The fraction of sp³-hybridized carbons (Fsp3) is 0.625. The Kier molecular flexibility index (Phi) is 2.70. The Labute approximate surface area is 72.0 Å². The van der Waals surface area contributed by atoms with Gasteiger partial charge in [-0.25, -0.2) is 0 Å². The lowest BCUT2D eigenvalue weighted by Gasteiger charge is -2.14. The molecule has 2 N–H and O–H groups in total. The molecule has 0 aromatic carbocycles. The number of ether oxygens (including phenoxy) is 1. The topological polar surface area (TPSA) is 53.8 Å². The van der Waals surface area contributed by atoms with Gasteiger partial charge in [-0.05, 0) is 19.9 Å². The highest BCUT2D eigenvalue weighted by atomic mass is 16.5. The molecule has 1 saturated heterocycles. The van der Waals surface area contributed by atoms with Crippen LogP contribution in [-0.2, 0) is 4.74 Å². The number of aliphatic hydroxyl groups is 1. The Morgan fingerprint density at radius 3 is 3.08 bits per heavy atom. The van der Waals surface area contributed by atoms with Crippen LogP contribution in [0.1, 0.15) is 13.3 Å². The standard InChI is InChI=1S/C8H14N2O2/c1-7(11)9-6-10-8(2)3-4-12-5-8/h6,11H,1,3-5H2,2H3,(H,9,10). The van der Waals surface area contributed by atoms with E-state index in [0.717, 1.165) is 13.0 Å². The second kappa shape index (κ2) is 3.58. The third-order valence-electron chi connectivity index (χ3n) is 1.81. The minimum absolute atomic E-state index is 0.0961. The molecule has 0 amide bonds. The summed E-state index contributed by atoms with van der Waals surface area (Å²) in [6.45, 7) is 6.68. The van der Waals surface area contributed by atoms with Crippen LogP contribution in [0.4, 0.5) is 0 Å². The number of aliphatic imine (C=N–C) groups is 1. The van der Waals surface area contributed by atoms with Crippen molar-refractivity contribution in [2.75, 3.05) is 13.2 Å². The quantitative estimate of drug-likeness (QED) is 0.374. The van der Waals surface area contributed by atoms with Crippen LogP contribution in [-0.4, -0.2) is 30.2 Å². The third kappa shape index (κ3) is 2.54. The van der Waals surface area contributed by atoms with E-state index >= 15 is 0 Å². The van der Waals surface area contributed by atoms with E-state index in [0.29, 0.717) is 6.61 Å². The fourth-order valence-corrected chi connectivity index (χ4v) is 1.02. The number of aliphatic hydroxyl groups excluding tert-OH is 1. The van der Waals surface area contributed by atoms with Gasteiger partial charge in [0.15, 0.2) is 5.88 Å². The number of nitrogens with zero attached hydrogens (tertiary/aromatic N) is 1. The monoisotopic (exact) mass is 170 g/mol. The molecule has 1 aliphatic heterocycles. The van der Waals surface area contributed by atoms with Gasteiger partial charge in [-0.15, -0.1) is 0 Å². The van der Waals surface area contributed by atoms with Crippen LogP contribution in [0, 0.1) is 0 Å². The molecule has 68 valence electrons. The third-order valence-corrected chi connectivity index (χ3v) is 1.81. The lowest BCUT2D eigenvalue weighted by Crippen LogP contribution is -2.24. The highest BCUT2D eigenvalue weighted by Crippen LogP contribution is 2.21. The van der Waals surface area contributed by atoms with Gasteiger partial charge in [-0.3, -0.25) is 4.99 Å². The maximum Gasteiger partial charge on any atom is 0.181 e. The second-order valence-corrected chi connectivity index (χ2v) is 3.15. The van der Waals surface area contributed by atoms with Gasteiger partial charge >= 0.3 is 0 Å². The summed E-state index contributed by atoms with van der Waals surface area (Å²) in [7, 11) is 0. The zero-order valence-corrected chi connectivity index (χ0v) is 7.21. The smallest absolute Gasteiger partial charge is 0.181 e. The molecule has 0 spiro atoms. The summed E-state index contributed by atoms with van der Waals surface area (Å²) in [6, 6.07) is 0. The van der Waals surface area contributed by atoms with E-state index in [9.17, 15) is 0 Å². The molecule has 0 aliphatic carbocycles. The van der Waals surface area contributed by atoms with Gasteiger partial charge in [0.2, 0.25) is 0 Å². The molecule has 0 bridgehead atoms. The molecule has 1 fully saturated rings. The first-order valence-corrected chi connectivity index (χ1v) is 3.88. The summed E-state index contributed by atoms with van der Waals surface area (Å²) in [5, 5.41) is 11.2. The van der Waals surface area contributed by atoms with Crippen molar-refractivity contribution in [3.8, 4) is 0 Å². The van der Waals surface area contributed by atoms with Crippen molar-refractivity contribution in [3.05, 3.63) is 12.5 Å². The molecule has 0 saturated carbocycles. The molecule has 12 heavy (non-hydrogen) atoms. The first-order chi connectivity index (χ1) is 5.62. The highest BCUT2D eigenvalue weighted by molar-refractivity contribution is 5.57. The van der Waals surface area contributed by atoms with Crippen LogP contribution in [0.15, 0.2) is 17.5 Å². The lowest BCUT2D eigenvalue weighted by molar-refractivity contribution is 0.182. The largest absolute Gasteiger partial charge is 0.495 e. The van der Waals surface area contributed by atoms with E-state index in [1.807, 2.05) is 6.92 Å². The summed E-state index contributed by atoms with van der Waals surface area (Å²) in [5.74, 6) is -0.0961. The average molecular weight is 170 g/mol. The van der Waals surface area contributed by atoms with E-state index in [2.05, 4.69) is 16.9 Å². The molecule has 4 nitrogen and oxygen atoms in total. The lowest BCUT2D eigenvalue weighted by atomic mass is 10.0. The van der Waals surface area contributed by atoms with Crippen molar-refractivity contribution in [2.24, 2.45) is 4.99 Å². The molecule has 1 atom stereocenters. The zero-order chi connectivity index (χ0) is 9.03. The maximum absolute atomic E-state index is 8.68. The van der Waals surface area contributed by atoms with Crippen LogP contribution in [0.5, 0.6) is 0 Å². The molecule has 4 heteroatoms. The van der Waals surface area contributed by atoms with Crippen LogP contribution in [0.25, 0.3) is 0 Å². The summed E-state index contributed by atoms with van der Waals surface area (Å²) < 4.78 is 5.19. The van der Waals surface area contributed by atoms with Crippen molar-refractivity contribution >= 4 is 6.34 Å². The summed E-state index contributed by atoms with van der Waals surface area (Å²) >= 11 is 0. The minimum Gasteiger partial charge on any atom is -0.495 e. The molecule has 0 aromatic heterocycles. The summed E-state index contributed by atoms with van der Waals surface area (Å²) in [6.07, 6.45) is 2.38. The Bertz CT molecular complexity index is 195. The number of hydrogen-bond acceptors (Lipinski definition) is 3. The first-order valence-electron chi connectivity index (χ1n) is 3.88. The molecule has 1 unspecified atom stereocenters. The van der Waals surface area contributed by atoms with Gasteiger partial charge in [-0.2, -0.15) is 0 Å². The molecule has 0 aromatic rings. The van der Waals surface area contributed by atoms with Crippen molar-refractivity contribution in [2.45, 2.75) is 18.9 Å². The maximum atomic E-state index is 8.68. The van der Waals surface area contributed by atoms with Gasteiger partial charge in [0, 0.05) is 6.61 Å². The molecule has 1 rings (SSSR count).